The number of anilines is 1. The van der Waals surface area contributed by atoms with E-state index in [4.69, 9.17) is 20.8 Å². The number of nitrogens with zero attached hydrogens (tertiary/aromatic N) is 1. The van der Waals surface area contributed by atoms with Crippen molar-refractivity contribution in [1.82, 2.24) is 4.98 Å². The monoisotopic (exact) mass is 372 g/mol. The summed E-state index contributed by atoms with van der Waals surface area (Å²) in [5, 5.41) is 3.04. The minimum Gasteiger partial charge on any atom is -0.456 e. The summed E-state index contributed by atoms with van der Waals surface area (Å²) in [5.74, 6) is -0.498. The van der Waals surface area contributed by atoms with Crippen LogP contribution in [0.1, 0.15) is 17.9 Å². The van der Waals surface area contributed by atoms with E-state index in [1.165, 1.54) is 0 Å². The molecule has 1 aromatic heterocycles. The molecule has 0 bridgehead atoms. The summed E-state index contributed by atoms with van der Waals surface area (Å²) in [4.78, 5) is 28.0. The van der Waals surface area contributed by atoms with Crippen molar-refractivity contribution in [2.75, 3.05) is 11.9 Å². The van der Waals surface area contributed by atoms with E-state index in [0.717, 1.165) is 11.1 Å². The van der Waals surface area contributed by atoms with E-state index in [1.807, 2.05) is 37.3 Å². The Morgan fingerprint density at radius 1 is 1.23 bits per heavy atom. The largest absolute Gasteiger partial charge is 0.456 e. The van der Waals surface area contributed by atoms with Crippen LogP contribution in [0.15, 0.2) is 46.9 Å². The van der Waals surface area contributed by atoms with Crippen LogP contribution in [-0.4, -0.2) is 23.5 Å². The van der Waals surface area contributed by atoms with Gasteiger partial charge in [0.05, 0.1) is 17.1 Å². The second kappa shape index (κ2) is 8.01. The van der Waals surface area contributed by atoms with Crippen LogP contribution in [0, 0.1) is 6.92 Å². The van der Waals surface area contributed by atoms with E-state index in [9.17, 15) is 9.59 Å². The first kappa shape index (κ1) is 17.9. The number of para-hydroxylation sites is 2. The van der Waals surface area contributed by atoms with Crippen LogP contribution in [0.5, 0.6) is 0 Å². The number of fused-ring (bicyclic) bond motifs is 1. The van der Waals surface area contributed by atoms with Gasteiger partial charge in [-0.05, 0) is 36.8 Å². The molecule has 0 aliphatic heterocycles. The molecular weight excluding hydrogens is 356 g/mol. The SMILES string of the molecule is Cc1ccc(NC(=O)COC(=O)CCc2nc3ccccc3o2)c(Cl)c1. The van der Waals surface area contributed by atoms with Gasteiger partial charge in [-0.25, -0.2) is 4.98 Å². The molecule has 0 aliphatic carbocycles. The Kier molecular flexibility index (Phi) is 5.53. The first-order chi connectivity index (χ1) is 12.5. The maximum absolute atomic E-state index is 11.9. The molecule has 3 aromatic rings. The van der Waals surface area contributed by atoms with Crippen molar-refractivity contribution >= 4 is 40.3 Å². The number of aryl methyl sites for hydroxylation is 2. The van der Waals surface area contributed by atoms with Gasteiger partial charge in [0.2, 0.25) is 0 Å². The highest BCUT2D eigenvalue weighted by molar-refractivity contribution is 6.33. The number of rotatable bonds is 6. The number of ether oxygens (including phenoxy) is 1. The third-order valence-corrected chi connectivity index (χ3v) is 3.96. The number of carbonyl (C=O) groups is 2. The Morgan fingerprint density at radius 3 is 2.81 bits per heavy atom. The second-order valence-electron chi connectivity index (χ2n) is 5.77. The molecule has 0 aliphatic rings. The van der Waals surface area contributed by atoms with Crippen molar-refractivity contribution < 1.29 is 18.7 Å². The van der Waals surface area contributed by atoms with E-state index in [1.54, 1.807) is 12.1 Å². The molecule has 0 saturated carbocycles. The predicted molar refractivity (Wildman–Crippen MR) is 98.1 cm³/mol. The maximum atomic E-state index is 11.9. The summed E-state index contributed by atoms with van der Waals surface area (Å²) in [7, 11) is 0. The number of oxazole rings is 1. The summed E-state index contributed by atoms with van der Waals surface area (Å²) in [6.07, 6.45) is 0.379. The van der Waals surface area contributed by atoms with Gasteiger partial charge in [0, 0.05) is 6.42 Å². The standard InChI is InChI=1S/C19H17ClN2O4/c1-12-6-7-14(13(20)10-12)21-17(23)11-25-19(24)9-8-18-22-15-4-2-3-5-16(15)26-18/h2-7,10H,8-9,11H2,1H3,(H,21,23). The third kappa shape index (κ3) is 4.61. The van der Waals surface area contributed by atoms with Gasteiger partial charge in [0.15, 0.2) is 18.1 Å². The topological polar surface area (TPSA) is 81.4 Å². The molecular formula is C19H17ClN2O4. The van der Waals surface area contributed by atoms with Gasteiger partial charge in [-0.1, -0.05) is 29.8 Å². The molecule has 0 atom stereocenters. The van der Waals surface area contributed by atoms with Crippen LogP contribution in [0.25, 0.3) is 11.1 Å². The lowest BCUT2D eigenvalue weighted by Gasteiger charge is -2.08. The van der Waals surface area contributed by atoms with Crippen molar-refractivity contribution in [3.63, 3.8) is 0 Å². The molecule has 1 amide bonds. The van der Waals surface area contributed by atoms with Gasteiger partial charge in [0.1, 0.15) is 5.52 Å². The zero-order chi connectivity index (χ0) is 18.5. The van der Waals surface area contributed by atoms with Gasteiger partial charge in [-0.15, -0.1) is 0 Å². The quantitative estimate of drug-likeness (QED) is 0.663. The lowest BCUT2D eigenvalue weighted by atomic mass is 10.2. The Balaban J connectivity index is 1.45. The number of benzene rings is 2. The van der Waals surface area contributed by atoms with Crippen LogP contribution in [-0.2, 0) is 20.7 Å². The Labute approximate surface area is 155 Å². The summed E-state index contributed by atoms with van der Waals surface area (Å²) in [6.45, 7) is 1.52. The number of esters is 1. The zero-order valence-corrected chi connectivity index (χ0v) is 14.9. The predicted octanol–water partition coefficient (Wildman–Crippen LogP) is 3.90. The van der Waals surface area contributed by atoms with E-state index in [-0.39, 0.29) is 13.0 Å². The van der Waals surface area contributed by atoms with Gasteiger partial charge >= 0.3 is 5.97 Å². The molecule has 0 unspecified atom stereocenters. The molecule has 0 radical (unpaired) electrons. The maximum Gasteiger partial charge on any atom is 0.306 e. The fourth-order valence-electron chi connectivity index (χ4n) is 2.36. The van der Waals surface area contributed by atoms with E-state index in [2.05, 4.69) is 10.3 Å². The zero-order valence-electron chi connectivity index (χ0n) is 14.1. The highest BCUT2D eigenvalue weighted by Crippen LogP contribution is 2.22. The van der Waals surface area contributed by atoms with Crippen LogP contribution in [0.2, 0.25) is 5.02 Å². The second-order valence-corrected chi connectivity index (χ2v) is 6.17. The van der Waals surface area contributed by atoms with Gasteiger partial charge < -0.3 is 14.5 Å². The number of amides is 1. The summed E-state index contributed by atoms with van der Waals surface area (Å²) in [6, 6.07) is 12.6. The van der Waals surface area contributed by atoms with Gasteiger partial charge in [0.25, 0.3) is 5.91 Å². The molecule has 7 heteroatoms. The van der Waals surface area contributed by atoms with Crippen LogP contribution in [0.3, 0.4) is 0 Å². The van der Waals surface area contributed by atoms with Crippen molar-refractivity contribution in [3.8, 4) is 0 Å². The minimum atomic E-state index is -0.502. The smallest absolute Gasteiger partial charge is 0.306 e. The molecule has 134 valence electrons. The third-order valence-electron chi connectivity index (χ3n) is 3.64. The van der Waals surface area contributed by atoms with E-state index >= 15 is 0 Å². The molecule has 3 rings (SSSR count). The van der Waals surface area contributed by atoms with Crippen LogP contribution in [0.4, 0.5) is 5.69 Å². The van der Waals surface area contributed by atoms with E-state index < -0.39 is 11.9 Å². The normalized spacial score (nSPS) is 10.7. The molecule has 26 heavy (non-hydrogen) atoms. The summed E-state index contributed by atoms with van der Waals surface area (Å²) < 4.78 is 10.5. The Bertz CT molecular complexity index is 919. The van der Waals surface area contributed by atoms with Crippen molar-refractivity contribution in [2.24, 2.45) is 0 Å². The fraction of sp³-hybridized carbons (Fsp3) is 0.211. The van der Waals surface area contributed by atoms with Crippen LogP contribution >= 0.6 is 11.6 Å². The molecule has 1 heterocycles. The summed E-state index contributed by atoms with van der Waals surface area (Å²) in [5.41, 5.74) is 2.87. The molecule has 6 nitrogen and oxygen atoms in total. The number of halogens is 1. The van der Waals surface area contributed by atoms with Crippen molar-refractivity contribution in [2.45, 2.75) is 19.8 Å². The lowest BCUT2D eigenvalue weighted by molar-refractivity contribution is -0.147. The van der Waals surface area contributed by atoms with Crippen molar-refractivity contribution in [3.05, 3.63) is 58.9 Å². The number of hydrogen-bond donors (Lipinski definition) is 1. The van der Waals surface area contributed by atoms with Crippen LogP contribution < -0.4 is 5.32 Å². The fourth-order valence-corrected chi connectivity index (χ4v) is 2.64. The van der Waals surface area contributed by atoms with Gasteiger partial charge in [-0.3, -0.25) is 9.59 Å². The molecule has 0 fully saturated rings. The first-order valence-corrected chi connectivity index (χ1v) is 8.45. The number of nitrogens with one attached hydrogen (secondary N) is 1. The Hall–Kier alpha value is -2.86. The summed E-state index contributed by atoms with van der Waals surface area (Å²) >= 11 is 6.05. The highest BCUT2D eigenvalue weighted by atomic mass is 35.5. The molecule has 0 spiro atoms. The van der Waals surface area contributed by atoms with Crippen molar-refractivity contribution in [1.29, 1.82) is 0 Å². The average molecular weight is 373 g/mol. The highest BCUT2D eigenvalue weighted by Gasteiger charge is 2.12. The van der Waals surface area contributed by atoms with E-state index in [0.29, 0.717) is 28.6 Å². The lowest BCUT2D eigenvalue weighted by Crippen LogP contribution is -2.21. The van der Waals surface area contributed by atoms with Gasteiger partial charge in [-0.2, -0.15) is 0 Å². The average Bonchev–Trinajstić information content (AvgIpc) is 3.03. The minimum absolute atomic E-state index is 0.0748. The first-order valence-electron chi connectivity index (χ1n) is 8.07. The Morgan fingerprint density at radius 2 is 2.04 bits per heavy atom. The number of aromatic nitrogens is 1. The molecule has 0 saturated heterocycles. The molecule has 1 N–H and O–H groups in total. The molecule has 2 aromatic carbocycles. The number of carbonyl (C=O) groups excluding carboxylic acids is 2. The number of hydrogen-bond acceptors (Lipinski definition) is 5.